The minimum Gasteiger partial charge on any atom is -0.497 e. The number of aromatic amines is 2. The fourth-order valence-corrected chi connectivity index (χ4v) is 1.82. The smallest absolute Gasteiger partial charge is 0.315 e. The van der Waals surface area contributed by atoms with E-state index in [1.807, 2.05) is 24.3 Å². The van der Waals surface area contributed by atoms with Crippen LogP contribution in [0, 0.1) is 0 Å². The zero-order chi connectivity index (χ0) is 15.1. The largest absolute Gasteiger partial charge is 0.497 e. The maximum atomic E-state index is 11.6. The summed E-state index contributed by atoms with van der Waals surface area (Å²) in [6, 6.07) is 8.82. The van der Waals surface area contributed by atoms with E-state index in [9.17, 15) is 9.59 Å². The summed E-state index contributed by atoms with van der Waals surface area (Å²) >= 11 is 0. The van der Waals surface area contributed by atoms with E-state index in [1.165, 1.54) is 6.07 Å². The number of hydrogen-bond acceptors (Lipinski definition) is 3. The first-order valence-electron chi connectivity index (χ1n) is 6.58. The molecule has 1 heterocycles. The molecule has 7 nitrogen and oxygen atoms in total. The van der Waals surface area contributed by atoms with Crippen LogP contribution < -0.4 is 20.9 Å². The first-order valence-corrected chi connectivity index (χ1v) is 6.58. The predicted octanol–water partition coefficient (Wildman–Crippen LogP) is 0.754. The molecule has 2 aromatic rings. The third kappa shape index (κ3) is 4.72. The summed E-state index contributed by atoms with van der Waals surface area (Å²) in [6.45, 7) is 0.801. The average molecular weight is 290 g/mol. The SMILES string of the molecule is COc1ccc(CCNC(=O)NCc2cc(=O)[nH][nH]2)cc1. The molecule has 0 radical (unpaired) electrons. The monoisotopic (exact) mass is 290 g/mol. The van der Waals surface area contributed by atoms with Crippen molar-refractivity contribution in [2.24, 2.45) is 0 Å². The van der Waals surface area contributed by atoms with Crippen molar-refractivity contribution >= 4 is 6.03 Å². The lowest BCUT2D eigenvalue weighted by molar-refractivity contribution is 0.240. The van der Waals surface area contributed by atoms with Gasteiger partial charge in [-0.1, -0.05) is 12.1 Å². The van der Waals surface area contributed by atoms with Crippen LogP contribution in [0.2, 0.25) is 0 Å². The van der Waals surface area contributed by atoms with E-state index in [2.05, 4.69) is 20.8 Å². The molecule has 0 atom stereocenters. The van der Waals surface area contributed by atoms with Gasteiger partial charge in [0.2, 0.25) is 0 Å². The van der Waals surface area contributed by atoms with Crippen LogP contribution in [-0.4, -0.2) is 29.9 Å². The number of methoxy groups -OCH3 is 1. The number of H-pyrrole nitrogens is 2. The number of amides is 2. The molecule has 0 bridgehead atoms. The second-order valence-corrected chi connectivity index (χ2v) is 4.49. The van der Waals surface area contributed by atoms with Gasteiger partial charge in [0.15, 0.2) is 0 Å². The van der Waals surface area contributed by atoms with Crippen molar-refractivity contribution in [1.29, 1.82) is 0 Å². The van der Waals surface area contributed by atoms with Crippen LogP contribution in [0.3, 0.4) is 0 Å². The molecule has 1 aromatic carbocycles. The van der Waals surface area contributed by atoms with E-state index in [-0.39, 0.29) is 18.1 Å². The highest BCUT2D eigenvalue weighted by atomic mass is 16.5. The highest BCUT2D eigenvalue weighted by Crippen LogP contribution is 2.11. The quantitative estimate of drug-likeness (QED) is 0.632. The van der Waals surface area contributed by atoms with Gasteiger partial charge in [-0.3, -0.25) is 9.89 Å². The maximum Gasteiger partial charge on any atom is 0.315 e. The number of nitrogens with one attached hydrogen (secondary N) is 4. The molecule has 21 heavy (non-hydrogen) atoms. The zero-order valence-corrected chi connectivity index (χ0v) is 11.7. The highest BCUT2D eigenvalue weighted by Gasteiger charge is 2.02. The Labute approximate surface area is 121 Å². The van der Waals surface area contributed by atoms with E-state index >= 15 is 0 Å². The number of rotatable bonds is 6. The van der Waals surface area contributed by atoms with Crippen LogP contribution in [0.1, 0.15) is 11.3 Å². The van der Waals surface area contributed by atoms with Crippen molar-refractivity contribution in [3.63, 3.8) is 0 Å². The Hall–Kier alpha value is -2.70. The molecule has 0 fully saturated rings. The van der Waals surface area contributed by atoms with Gasteiger partial charge in [0, 0.05) is 12.6 Å². The van der Waals surface area contributed by atoms with Gasteiger partial charge in [-0.05, 0) is 24.1 Å². The standard InChI is InChI=1S/C14H18N4O3/c1-21-12-4-2-10(3-5-12)6-7-15-14(20)16-9-11-8-13(19)18-17-11/h2-5,8H,6-7,9H2,1H3,(H2,15,16,20)(H2,17,18,19). The van der Waals surface area contributed by atoms with Gasteiger partial charge in [0.1, 0.15) is 5.75 Å². The first-order chi connectivity index (χ1) is 10.2. The zero-order valence-electron chi connectivity index (χ0n) is 11.7. The van der Waals surface area contributed by atoms with Crippen molar-refractivity contribution in [1.82, 2.24) is 20.8 Å². The molecule has 7 heteroatoms. The number of aromatic nitrogens is 2. The lowest BCUT2D eigenvalue weighted by Crippen LogP contribution is -2.36. The molecular formula is C14H18N4O3. The number of carbonyl (C=O) groups excluding carboxylic acids is 1. The fraction of sp³-hybridized carbons (Fsp3) is 0.286. The van der Waals surface area contributed by atoms with Crippen molar-refractivity contribution in [3.05, 3.63) is 51.9 Å². The summed E-state index contributed by atoms with van der Waals surface area (Å²) in [5.41, 5.74) is 1.53. The van der Waals surface area contributed by atoms with E-state index in [0.29, 0.717) is 12.2 Å². The minimum atomic E-state index is -0.273. The van der Waals surface area contributed by atoms with Crippen LogP contribution in [-0.2, 0) is 13.0 Å². The predicted molar refractivity (Wildman–Crippen MR) is 78.3 cm³/mol. The highest BCUT2D eigenvalue weighted by molar-refractivity contribution is 5.73. The van der Waals surface area contributed by atoms with Gasteiger partial charge in [0.25, 0.3) is 5.56 Å². The number of carbonyl (C=O) groups is 1. The number of benzene rings is 1. The van der Waals surface area contributed by atoms with Crippen LogP contribution in [0.5, 0.6) is 5.75 Å². The Morgan fingerprint density at radius 2 is 1.95 bits per heavy atom. The Kier molecular flexibility index (Phi) is 5.03. The maximum absolute atomic E-state index is 11.6. The molecule has 4 N–H and O–H groups in total. The Bertz CT molecular complexity index is 630. The summed E-state index contributed by atoms with van der Waals surface area (Å²) in [5.74, 6) is 0.810. The van der Waals surface area contributed by atoms with E-state index in [0.717, 1.165) is 17.7 Å². The summed E-state index contributed by atoms with van der Waals surface area (Å²) in [4.78, 5) is 22.5. The molecular weight excluding hydrogens is 272 g/mol. The fourth-order valence-electron chi connectivity index (χ4n) is 1.82. The second-order valence-electron chi connectivity index (χ2n) is 4.49. The van der Waals surface area contributed by atoms with Crippen molar-refractivity contribution in [3.8, 4) is 5.75 Å². The van der Waals surface area contributed by atoms with E-state index in [4.69, 9.17) is 4.74 Å². The minimum absolute atomic E-state index is 0.216. The van der Waals surface area contributed by atoms with Crippen LogP contribution >= 0.6 is 0 Å². The van der Waals surface area contributed by atoms with Gasteiger partial charge in [0.05, 0.1) is 19.3 Å². The van der Waals surface area contributed by atoms with Gasteiger partial charge in [-0.15, -0.1) is 0 Å². The van der Waals surface area contributed by atoms with Crippen LogP contribution in [0.4, 0.5) is 4.79 Å². The number of hydrogen-bond donors (Lipinski definition) is 4. The molecule has 0 unspecified atom stereocenters. The summed E-state index contributed by atoms with van der Waals surface area (Å²) < 4.78 is 5.08. The molecule has 2 rings (SSSR count). The lowest BCUT2D eigenvalue weighted by atomic mass is 10.1. The number of urea groups is 1. The molecule has 0 aliphatic rings. The van der Waals surface area contributed by atoms with Crippen LogP contribution in [0.25, 0.3) is 0 Å². The Morgan fingerprint density at radius 1 is 1.19 bits per heavy atom. The van der Waals surface area contributed by atoms with E-state index in [1.54, 1.807) is 7.11 Å². The second kappa shape index (κ2) is 7.18. The molecule has 112 valence electrons. The van der Waals surface area contributed by atoms with Crippen molar-refractivity contribution in [2.45, 2.75) is 13.0 Å². The molecule has 0 saturated carbocycles. The van der Waals surface area contributed by atoms with Gasteiger partial charge >= 0.3 is 6.03 Å². The number of ether oxygens (including phenoxy) is 1. The molecule has 0 saturated heterocycles. The summed E-state index contributed by atoms with van der Waals surface area (Å²) in [5, 5.41) is 10.5. The molecule has 1 aromatic heterocycles. The average Bonchev–Trinajstić information content (AvgIpc) is 2.91. The van der Waals surface area contributed by atoms with E-state index < -0.39 is 0 Å². The van der Waals surface area contributed by atoms with Gasteiger partial charge < -0.3 is 20.5 Å². The molecule has 0 aliphatic heterocycles. The van der Waals surface area contributed by atoms with Crippen molar-refractivity contribution < 1.29 is 9.53 Å². The van der Waals surface area contributed by atoms with Crippen LogP contribution in [0.15, 0.2) is 35.1 Å². The summed E-state index contributed by atoms with van der Waals surface area (Å²) in [6.07, 6.45) is 0.735. The topological polar surface area (TPSA) is 99.0 Å². The van der Waals surface area contributed by atoms with Gasteiger partial charge in [-0.25, -0.2) is 4.79 Å². The molecule has 0 spiro atoms. The summed E-state index contributed by atoms with van der Waals surface area (Å²) in [7, 11) is 1.62. The normalized spacial score (nSPS) is 10.1. The third-order valence-electron chi connectivity index (χ3n) is 2.95. The third-order valence-corrected chi connectivity index (χ3v) is 2.95. The molecule has 0 aliphatic carbocycles. The lowest BCUT2D eigenvalue weighted by Gasteiger charge is -2.07. The first kappa shape index (κ1) is 14.7. The van der Waals surface area contributed by atoms with Crippen molar-refractivity contribution in [2.75, 3.05) is 13.7 Å². The molecule has 2 amide bonds. The Balaban J connectivity index is 1.67. The Morgan fingerprint density at radius 3 is 2.57 bits per heavy atom. The van der Waals surface area contributed by atoms with Gasteiger partial charge in [-0.2, -0.15) is 0 Å².